The Morgan fingerprint density at radius 2 is 0.821 bits per heavy atom. The molecule has 3 aromatic carbocycles. The van der Waals surface area contributed by atoms with Crippen molar-refractivity contribution in [3.8, 4) is 0 Å². The molecule has 0 bridgehead atoms. The lowest BCUT2D eigenvalue weighted by Crippen LogP contribution is -2.27. The Balaban J connectivity index is 1.60. The third kappa shape index (κ3) is 7.28. The molecular formula is C24H21N3O9S3. The quantitative estimate of drug-likeness (QED) is 0.339. The summed E-state index contributed by atoms with van der Waals surface area (Å²) in [6.45, 7) is 0. The third-order valence-electron chi connectivity index (χ3n) is 5.21. The smallest absolute Gasteiger partial charge is 0.265 e. The minimum Gasteiger partial charge on any atom is -0.265 e. The van der Waals surface area contributed by atoms with E-state index in [1.165, 1.54) is 72.8 Å². The lowest BCUT2D eigenvalue weighted by Gasteiger charge is -2.16. The minimum atomic E-state index is -4.33. The maximum absolute atomic E-state index is 12.5. The molecule has 0 amide bonds. The molecule has 0 N–H and O–H groups in total. The van der Waals surface area contributed by atoms with Crippen molar-refractivity contribution in [2.24, 2.45) is 15.5 Å². The van der Waals surface area contributed by atoms with E-state index >= 15 is 0 Å². The van der Waals surface area contributed by atoms with Crippen LogP contribution in [0.3, 0.4) is 0 Å². The van der Waals surface area contributed by atoms with Crippen molar-refractivity contribution in [1.82, 2.24) is 0 Å². The van der Waals surface area contributed by atoms with Gasteiger partial charge in [-0.25, -0.2) is 0 Å². The summed E-state index contributed by atoms with van der Waals surface area (Å²) in [4.78, 5) is -0.427. The Labute approximate surface area is 225 Å². The second-order valence-corrected chi connectivity index (χ2v) is 12.5. The van der Waals surface area contributed by atoms with Gasteiger partial charge in [0.25, 0.3) is 0 Å². The van der Waals surface area contributed by atoms with Gasteiger partial charge in [-0.3, -0.25) is 12.9 Å². The van der Waals surface area contributed by atoms with E-state index in [0.29, 0.717) is 0 Å². The van der Waals surface area contributed by atoms with Crippen LogP contribution in [0, 0.1) is 0 Å². The zero-order valence-electron chi connectivity index (χ0n) is 20.0. The Kier molecular flexibility index (Phi) is 8.42. The van der Waals surface area contributed by atoms with E-state index in [9.17, 15) is 25.3 Å². The molecule has 1 aliphatic carbocycles. The van der Waals surface area contributed by atoms with E-state index in [0.717, 1.165) is 0 Å². The normalized spacial score (nSPS) is 17.7. The Morgan fingerprint density at radius 3 is 1.23 bits per heavy atom. The fourth-order valence-electron chi connectivity index (χ4n) is 3.23. The summed E-state index contributed by atoms with van der Waals surface area (Å²) in [5.41, 5.74) is -0.0232. The second-order valence-electron chi connectivity index (χ2n) is 7.94. The van der Waals surface area contributed by atoms with E-state index in [4.69, 9.17) is 12.9 Å². The highest BCUT2D eigenvalue weighted by molar-refractivity contribution is 7.87. The van der Waals surface area contributed by atoms with E-state index in [-0.39, 0.29) is 51.1 Å². The largest absolute Gasteiger partial charge is 0.358 e. The fraction of sp³-hybridized carbons (Fsp3) is 0.125. The second kappa shape index (κ2) is 11.8. The van der Waals surface area contributed by atoms with E-state index < -0.39 is 30.4 Å². The van der Waals surface area contributed by atoms with Gasteiger partial charge in [-0.2, -0.15) is 25.3 Å². The standard InChI is InChI=1S/C24H21N3O9S3/c28-37(29,20-10-4-1-5-11-20)34-25-19-16-17-23(26-35-38(30,31)21-12-6-2-7-13-21)24(18-19)27-36-39(32,33)22-14-8-3-9-15-22/h1-15H,16-18H2. The number of oxime groups is 3. The van der Waals surface area contributed by atoms with Crippen molar-refractivity contribution in [2.75, 3.05) is 0 Å². The van der Waals surface area contributed by atoms with Gasteiger partial charge in [0, 0.05) is 12.8 Å². The van der Waals surface area contributed by atoms with Gasteiger partial charge < -0.3 is 0 Å². The van der Waals surface area contributed by atoms with Crippen molar-refractivity contribution >= 4 is 47.5 Å². The summed E-state index contributed by atoms with van der Waals surface area (Å²) in [5.74, 6) is 0. The Hall–Kier alpha value is -4.08. The lowest BCUT2D eigenvalue weighted by molar-refractivity contribution is 0.330. The van der Waals surface area contributed by atoms with Gasteiger partial charge in [-0.15, -0.1) is 0 Å². The van der Waals surface area contributed by atoms with Crippen LogP contribution in [-0.4, -0.2) is 42.4 Å². The van der Waals surface area contributed by atoms with Crippen LogP contribution in [0.4, 0.5) is 0 Å². The van der Waals surface area contributed by atoms with Crippen LogP contribution in [0.5, 0.6) is 0 Å². The maximum Gasteiger partial charge on any atom is 0.358 e. The highest BCUT2D eigenvalue weighted by Crippen LogP contribution is 2.20. The Bertz CT molecular complexity index is 1720. The molecule has 12 nitrogen and oxygen atoms in total. The van der Waals surface area contributed by atoms with Gasteiger partial charge in [-0.1, -0.05) is 70.1 Å². The van der Waals surface area contributed by atoms with Crippen molar-refractivity contribution in [1.29, 1.82) is 0 Å². The first-order valence-corrected chi connectivity index (χ1v) is 15.5. The Morgan fingerprint density at radius 1 is 0.462 bits per heavy atom. The molecule has 204 valence electrons. The monoisotopic (exact) mass is 591 g/mol. The molecule has 0 atom stereocenters. The van der Waals surface area contributed by atoms with Crippen LogP contribution in [-0.2, 0) is 43.2 Å². The first-order chi connectivity index (χ1) is 18.6. The summed E-state index contributed by atoms with van der Waals surface area (Å²) < 4.78 is 89.3. The van der Waals surface area contributed by atoms with Crippen molar-refractivity contribution in [2.45, 2.75) is 33.9 Å². The van der Waals surface area contributed by atoms with Gasteiger partial charge in [0.15, 0.2) is 0 Å². The summed E-state index contributed by atoms with van der Waals surface area (Å²) in [6, 6.07) is 21.8. The fourth-order valence-corrected chi connectivity index (χ4v) is 5.54. The first kappa shape index (κ1) is 27.9. The number of rotatable bonds is 9. The molecule has 15 heteroatoms. The molecule has 4 rings (SSSR count). The van der Waals surface area contributed by atoms with Crippen LogP contribution < -0.4 is 0 Å². The van der Waals surface area contributed by atoms with E-state index in [1.54, 1.807) is 18.2 Å². The lowest BCUT2D eigenvalue weighted by atomic mass is 9.95. The van der Waals surface area contributed by atoms with Gasteiger partial charge in [0.05, 0.1) is 5.71 Å². The van der Waals surface area contributed by atoms with Gasteiger partial charge >= 0.3 is 30.4 Å². The molecule has 0 aromatic heterocycles. The SMILES string of the molecule is O=S(=O)(ON=C1CCC(=NOS(=O)(=O)c2ccccc2)C(=NOS(=O)(=O)c2ccccc2)C1)c1ccccc1. The van der Waals surface area contributed by atoms with Gasteiger partial charge in [-0.05, 0) is 42.8 Å². The number of hydrogen-bond donors (Lipinski definition) is 0. The van der Waals surface area contributed by atoms with Gasteiger partial charge in [0.2, 0.25) is 0 Å². The van der Waals surface area contributed by atoms with Crippen molar-refractivity contribution < 1.29 is 38.1 Å². The van der Waals surface area contributed by atoms with E-state index in [1.807, 2.05) is 0 Å². The summed E-state index contributed by atoms with van der Waals surface area (Å²) in [6.07, 6.45) is -0.212. The zero-order chi connectivity index (χ0) is 27.9. The molecule has 0 aliphatic heterocycles. The molecule has 0 heterocycles. The van der Waals surface area contributed by atoms with Crippen LogP contribution in [0.25, 0.3) is 0 Å². The molecule has 0 saturated heterocycles. The number of nitrogens with zero attached hydrogens (tertiary/aromatic N) is 3. The molecule has 39 heavy (non-hydrogen) atoms. The minimum absolute atomic E-state index is 0.0362. The molecule has 1 aliphatic rings. The zero-order valence-corrected chi connectivity index (χ0v) is 22.5. The summed E-state index contributed by atoms with van der Waals surface area (Å²) in [5, 5.41) is 11.1. The summed E-state index contributed by atoms with van der Waals surface area (Å²) >= 11 is 0. The predicted octanol–water partition coefficient (Wildman–Crippen LogP) is 3.45. The third-order valence-corrected chi connectivity index (χ3v) is 8.57. The van der Waals surface area contributed by atoms with Crippen molar-refractivity contribution in [3.05, 3.63) is 91.0 Å². The van der Waals surface area contributed by atoms with Crippen LogP contribution in [0.2, 0.25) is 0 Å². The molecule has 1 saturated carbocycles. The number of benzene rings is 3. The highest BCUT2D eigenvalue weighted by atomic mass is 32.2. The van der Waals surface area contributed by atoms with Crippen LogP contribution in [0.1, 0.15) is 19.3 Å². The average Bonchev–Trinajstić information content (AvgIpc) is 2.96. The molecule has 0 spiro atoms. The number of hydrogen-bond acceptors (Lipinski definition) is 12. The van der Waals surface area contributed by atoms with Crippen LogP contribution >= 0.6 is 0 Å². The highest BCUT2D eigenvalue weighted by Gasteiger charge is 2.26. The molecular weight excluding hydrogens is 570 g/mol. The van der Waals surface area contributed by atoms with Gasteiger partial charge in [0.1, 0.15) is 26.1 Å². The average molecular weight is 592 g/mol. The topological polar surface area (TPSA) is 167 Å². The van der Waals surface area contributed by atoms with Crippen molar-refractivity contribution in [3.63, 3.8) is 0 Å². The molecule has 1 fully saturated rings. The molecule has 0 radical (unpaired) electrons. The predicted molar refractivity (Wildman–Crippen MR) is 140 cm³/mol. The molecule has 3 aromatic rings. The van der Waals surface area contributed by atoms with Crippen LogP contribution in [0.15, 0.2) is 121 Å². The first-order valence-electron chi connectivity index (χ1n) is 11.2. The summed E-state index contributed by atoms with van der Waals surface area (Å²) in [7, 11) is -12.8. The molecule has 0 unspecified atom stereocenters. The van der Waals surface area contributed by atoms with E-state index in [2.05, 4.69) is 15.5 Å². The maximum atomic E-state index is 12.5.